The van der Waals surface area contributed by atoms with Crippen molar-refractivity contribution in [2.24, 2.45) is 0 Å². The largest absolute Gasteiger partial charge is 0.492 e. The summed E-state index contributed by atoms with van der Waals surface area (Å²) in [5.74, 6) is 1.95. The van der Waals surface area contributed by atoms with Crippen molar-refractivity contribution in [3.8, 4) is 5.75 Å². The number of ether oxygens (including phenoxy) is 1. The highest BCUT2D eigenvalue weighted by Gasteiger charge is 2.33. The minimum atomic E-state index is 0.0816. The molecule has 33 heavy (non-hydrogen) atoms. The Labute approximate surface area is 198 Å². The maximum Gasteiger partial charge on any atom is 0.223 e. The highest BCUT2D eigenvalue weighted by molar-refractivity contribution is 6.32. The number of nitrogens with zero attached hydrogens (tertiary/aromatic N) is 3. The van der Waals surface area contributed by atoms with Gasteiger partial charge in [0.2, 0.25) is 5.91 Å². The first-order chi connectivity index (χ1) is 16.2. The Balaban J connectivity index is 1.31. The molecule has 5 rings (SSSR count). The number of halogens is 1. The van der Waals surface area contributed by atoms with Gasteiger partial charge in [0.15, 0.2) is 0 Å². The fourth-order valence-corrected chi connectivity index (χ4v) is 4.70. The van der Waals surface area contributed by atoms with Crippen LogP contribution in [-0.4, -0.2) is 33.5 Å². The summed E-state index contributed by atoms with van der Waals surface area (Å²) in [5, 5.41) is 0.620. The molecule has 1 atom stereocenters. The first-order valence-electron chi connectivity index (χ1n) is 11.3. The molecule has 1 fully saturated rings. The Hall–Kier alpha value is -3.31. The van der Waals surface area contributed by atoms with E-state index in [4.69, 9.17) is 21.3 Å². The third-order valence-electron chi connectivity index (χ3n) is 6.10. The van der Waals surface area contributed by atoms with Gasteiger partial charge in [-0.05, 0) is 36.2 Å². The first kappa shape index (κ1) is 21.5. The summed E-state index contributed by atoms with van der Waals surface area (Å²) in [7, 11) is 0. The zero-order valence-corrected chi connectivity index (χ0v) is 19.1. The second-order valence-electron chi connectivity index (χ2n) is 8.40. The topological polar surface area (TPSA) is 47.4 Å². The second-order valence-corrected chi connectivity index (χ2v) is 8.81. The molecule has 5 nitrogen and oxygen atoms in total. The summed E-state index contributed by atoms with van der Waals surface area (Å²) in [6.45, 7) is 2.65. The van der Waals surface area contributed by atoms with E-state index in [0.29, 0.717) is 36.9 Å². The normalized spacial score (nSPS) is 16.0. The lowest BCUT2D eigenvalue weighted by molar-refractivity contribution is -0.128. The fourth-order valence-electron chi connectivity index (χ4n) is 4.51. The number of aromatic nitrogens is 2. The first-order valence-corrected chi connectivity index (χ1v) is 11.7. The summed E-state index contributed by atoms with van der Waals surface area (Å²) >= 11 is 6.20. The number of imidazole rings is 1. The molecule has 0 aliphatic carbocycles. The van der Waals surface area contributed by atoms with E-state index >= 15 is 0 Å². The molecule has 1 unspecified atom stereocenters. The number of carbonyl (C=O) groups is 1. The van der Waals surface area contributed by atoms with Crippen LogP contribution in [0.4, 0.5) is 0 Å². The Bertz CT molecular complexity index is 1250. The molecule has 4 aromatic rings. The van der Waals surface area contributed by atoms with Gasteiger partial charge < -0.3 is 14.2 Å². The molecule has 0 bridgehead atoms. The summed E-state index contributed by atoms with van der Waals surface area (Å²) in [6.07, 6.45) is 1.30. The maximum atomic E-state index is 12.8. The number of benzene rings is 3. The third-order valence-corrected chi connectivity index (χ3v) is 6.41. The molecule has 168 valence electrons. The van der Waals surface area contributed by atoms with Gasteiger partial charge in [-0.1, -0.05) is 66.2 Å². The van der Waals surface area contributed by atoms with E-state index in [-0.39, 0.29) is 11.8 Å². The minimum absolute atomic E-state index is 0.0816. The Morgan fingerprint density at radius 1 is 0.970 bits per heavy atom. The van der Waals surface area contributed by atoms with Crippen LogP contribution < -0.4 is 4.74 Å². The van der Waals surface area contributed by atoms with Gasteiger partial charge in [0.05, 0.1) is 22.7 Å². The predicted octanol–water partition coefficient (Wildman–Crippen LogP) is 5.67. The van der Waals surface area contributed by atoms with Gasteiger partial charge >= 0.3 is 0 Å². The number of amides is 1. The van der Waals surface area contributed by atoms with Crippen LogP contribution in [0, 0.1) is 0 Å². The molecule has 1 amide bonds. The van der Waals surface area contributed by atoms with Crippen LogP contribution in [0.25, 0.3) is 11.0 Å². The number of rotatable bonds is 8. The highest BCUT2D eigenvalue weighted by Crippen LogP contribution is 2.31. The Morgan fingerprint density at radius 3 is 2.58 bits per heavy atom. The molecule has 3 aromatic carbocycles. The molecule has 0 saturated carbocycles. The van der Waals surface area contributed by atoms with E-state index in [0.717, 1.165) is 35.4 Å². The summed E-state index contributed by atoms with van der Waals surface area (Å²) < 4.78 is 8.14. The summed E-state index contributed by atoms with van der Waals surface area (Å²) in [6, 6.07) is 25.8. The highest BCUT2D eigenvalue weighted by atomic mass is 35.5. The smallest absolute Gasteiger partial charge is 0.223 e. The monoisotopic (exact) mass is 459 g/mol. The number of hydrogen-bond acceptors (Lipinski definition) is 3. The van der Waals surface area contributed by atoms with E-state index in [2.05, 4.69) is 22.8 Å². The number of para-hydroxylation sites is 3. The van der Waals surface area contributed by atoms with Crippen molar-refractivity contribution in [1.82, 2.24) is 14.5 Å². The van der Waals surface area contributed by atoms with Crippen molar-refractivity contribution >= 4 is 28.5 Å². The van der Waals surface area contributed by atoms with Gasteiger partial charge in [-0.25, -0.2) is 4.98 Å². The quantitative estimate of drug-likeness (QED) is 0.319. The van der Waals surface area contributed by atoms with Crippen LogP contribution in [-0.2, 0) is 17.9 Å². The van der Waals surface area contributed by atoms with Gasteiger partial charge in [-0.15, -0.1) is 0 Å². The maximum absolute atomic E-state index is 12.8. The zero-order valence-electron chi connectivity index (χ0n) is 18.4. The van der Waals surface area contributed by atoms with Gasteiger partial charge in [0.1, 0.15) is 11.6 Å². The minimum Gasteiger partial charge on any atom is -0.492 e. The lowest BCUT2D eigenvalue weighted by Gasteiger charge is -2.17. The van der Waals surface area contributed by atoms with E-state index in [1.54, 1.807) is 0 Å². The number of fused-ring (bicyclic) bond motifs is 1. The molecule has 0 spiro atoms. The zero-order chi connectivity index (χ0) is 22.6. The van der Waals surface area contributed by atoms with Crippen molar-refractivity contribution in [2.45, 2.75) is 31.8 Å². The molecule has 1 aromatic heterocycles. The van der Waals surface area contributed by atoms with Crippen LogP contribution in [0.15, 0.2) is 78.9 Å². The molecule has 0 radical (unpaired) electrons. The average molecular weight is 460 g/mol. The molecular formula is C27H26ClN3O2. The van der Waals surface area contributed by atoms with E-state index in [9.17, 15) is 4.79 Å². The molecule has 1 saturated heterocycles. The third kappa shape index (κ3) is 4.74. The lowest BCUT2D eigenvalue weighted by Crippen LogP contribution is -2.24. The molecule has 1 aliphatic rings. The standard InChI is InChI=1S/C27H26ClN3O2/c28-22-11-4-7-14-25(22)33-16-8-15-31-24-13-6-5-12-23(24)29-27(31)21-17-26(32)30(19-21)18-20-9-2-1-3-10-20/h1-7,9-14,21H,8,15-19H2. The summed E-state index contributed by atoms with van der Waals surface area (Å²) in [4.78, 5) is 19.7. The van der Waals surface area contributed by atoms with Gasteiger partial charge in [-0.2, -0.15) is 0 Å². The van der Waals surface area contributed by atoms with Gasteiger partial charge in [-0.3, -0.25) is 4.79 Å². The molecule has 2 heterocycles. The molecule has 1 aliphatic heterocycles. The molecule has 0 N–H and O–H groups in total. The lowest BCUT2D eigenvalue weighted by atomic mass is 10.1. The van der Waals surface area contributed by atoms with Crippen LogP contribution in [0.3, 0.4) is 0 Å². The molecular weight excluding hydrogens is 434 g/mol. The van der Waals surface area contributed by atoms with Crippen LogP contribution in [0.1, 0.15) is 30.1 Å². The van der Waals surface area contributed by atoms with E-state index < -0.39 is 0 Å². The summed E-state index contributed by atoms with van der Waals surface area (Å²) in [5.41, 5.74) is 3.21. The number of aryl methyl sites for hydroxylation is 1. The van der Waals surface area contributed by atoms with Crippen molar-refractivity contribution < 1.29 is 9.53 Å². The van der Waals surface area contributed by atoms with E-state index in [1.165, 1.54) is 0 Å². The van der Waals surface area contributed by atoms with E-state index in [1.807, 2.05) is 65.6 Å². The van der Waals surface area contributed by atoms with Crippen LogP contribution in [0.5, 0.6) is 5.75 Å². The van der Waals surface area contributed by atoms with Crippen molar-refractivity contribution in [1.29, 1.82) is 0 Å². The predicted molar refractivity (Wildman–Crippen MR) is 131 cm³/mol. The van der Waals surface area contributed by atoms with Crippen LogP contribution >= 0.6 is 11.6 Å². The molecule has 6 heteroatoms. The van der Waals surface area contributed by atoms with Crippen molar-refractivity contribution in [3.05, 3.63) is 95.3 Å². The van der Waals surface area contributed by atoms with Gasteiger partial charge in [0, 0.05) is 32.0 Å². The van der Waals surface area contributed by atoms with Crippen LogP contribution in [0.2, 0.25) is 5.02 Å². The number of likely N-dealkylation sites (tertiary alicyclic amines) is 1. The Kier molecular flexibility index (Phi) is 6.31. The average Bonchev–Trinajstić information content (AvgIpc) is 3.39. The number of hydrogen-bond donors (Lipinski definition) is 0. The van der Waals surface area contributed by atoms with Crippen molar-refractivity contribution in [2.75, 3.05) is 13.2 Å². The SMILES string of the molecule is O=C1CC(c2nc3ccccc3n2CCCOc2ccccc2Cl)CN1Cc1ccccc1. The van der Waals surface area contributed by atoms with Gasteiger partial charge in [0.25, 0.3) is 0 Å². The second kappa shape index (κ2) is 9.67. The Morgan fingerprint density at radius 2 is 1.73 bits per heavy atom. The van der Waals surface area contributed by atoms with Crippen molar-refractivity contribution in [3.63, 3.8) is 0 Å². The number of carbonyl (C=O) groups excluding carboxylic acids is 1. The fraction of sp³-hybridized carbons (Fsp3) is 0.259.